The fourth-order valence-corrected chi connectivity index (χ4v) is 2.97. The molecule has 3 rings (SSSR count). The summed E-state index contributed by atoms with van der Waals surface area (Å²) < 4.78 is 1.87. The molecular formula is C16H19NO. The molecule has 0 fully saturated rings. The number of hydrogen-bond acceptors (Lipinski definition) is 1. The van der Waals surface area contributed by atoms with E-state index in [9.17, 15) is 4.79 Å². The third kappa shape index (κ3) is 1.76. The minimum Gasteiger partial charge on any atom is -0.287 e. The molecule has 0 amide bonds. The minimum absolute atomic E-state index is 0.222. The normalized spacial score (nSPS) is 14.4. The average molecular weight is 241 g/mol. The number of benzene rings is 1. The number of carbonyl (C=O) groups is 1. The third-order valence-electron chi connectivity index (χ3n) is 3.74. The number of nitrogens with zero attached hydrogens (tertiary/aromatic N) is 1. The summed E-state index contributed by atoms with van der Waals surface area (Å²) in [4.78, 5) is 12.3. The molecule has 0 radical (unpaired) electrons. The van der Waals surface area contributed by atoms with Gasteiger partial charge in [0.2, 0.25) is 5.91 Å². The number of aromatic nitrogens is 1. The molecule has 1 aromatic carbocycles. The maximum Gasteiger partial charge on any atom is 0.231 e. The zero-order valence-corrected chi connectivity index (χ0v) is 11.1. The van der Waals surface area contributed by atoms with Crippen molar-refractivity contribution in [3.63, 3.8) is 0 Å². The van der Waals surface area contributed by atoms with E-state index in [1.807, 2.05) is 4.57 Å². The van der Waals surface area contributed by atoms with E-state index in [-0.39, 0.29) is 5.91 Å². The lowest BCUT2D eigenvalue weighted by molar-refractivity contribution is 0.0892. The molecule has 2 aromatic rings. The van der Waals surface area contributed by atoms with Crippen molar-refractivity contribution >= 4 is 16.8 Å². The molecule has 0 bridgehead atoms. The topological polar surface area (TPSA) is 22.0 Å². The van der Waals surface area contributed by atoms with Gasteiger partial charge in [-0.05, 0) is 42.4 Å². The van der Waals surface area contributed by atoms with Crippen LogP contribution in [0.3, 0.4) is 0 Å². The van der Waals surface area contributed by atoms with Crippen LogP contribution < -0.4 is 0 Å². The van der Waals surface area contributed by atoms with Crippen LogP contribution in [0.4, 0.5) is 0 Å². The second kappa shape index (κ2) is 4.27. The summed E-state index contributed by atoms with van der Waals surface area (Å²) in [7, 11) is 0. The predicted octanol–water partition coefficient (Wildman–Crippen LogP) is 3.82. The van der Waals surface area contributed by atoms with Crippen LogP contribution in [0.2, 0.25) is 0 Å². The lowest BCUT2D eigenvalue weighted by Crippen LogP contribution is -2.11. The smallest absolute Gasteiger partial charge is 0.231 e. The van der Waals surface area contributed by atoms with Gasteiger partial charge in [-0.2, -0.15) is 0 Å². The molecule has 2 heteroatoms. The van der Waals surface area contributed by atoms with Crippen molar-refractivity contribution < 1.29 is 4.79 Å². The summed E-state index contributed by atoms with van der Waals surface area (Å²) >= 11 is 0. The molecule has 18 heavy (non-hydrogen) atoms. The number of carbonyl (C=O) groups excluding carboxylic acids is 1. The van der Waals surface area contributed by atoms with E-state index >= 15 is 0 Å². The molecule has 94 valence electrons. The van der Waals surface area contributed by atoms with Crippen LogP contribution in [0.1, 0.15) is 42.6 Å². The molecule has 0 N–H and O–H groups in total. The first kappa shape index (κ1) is 11.5. The van der Waals surface area contributed by atoms with E-state index in [1.165, 1.54) is 22.9 Å². The van der Waals surface area contributed by atoms with E-state index in [2.05, 4.69) is 38.2 Å². The summed E-state index contributed by atoms with van der Waals surface area (Å²) in [6.07, 6.45) is 6.14. The summed E-state index contributed by atoms with van der Waals surface area (Å²) in [5, 5.41) is 1.33. The van der Waals surface area contributed by atoms with Gasteiger partial charge in [0.15, 0.2) is 0 Å². The zero-order chi connectivity index (χ0) is 12.7. The second-order valence-electron chi connectivity index (χ2n) is 5.68. The van der Waals surface area contributed by atoms with Gasteiger partial charge in [-0.3, -0.25) is 9.36 Å². The van der Waals surface area contributed by atoms with Crippen molar-refractivity contribution in [2.24, 2.45) is 5.92 Å². The highest BCUT2D eigenvalue weighted by molar-refractivity contribution is 5.96. The Morgan fingerprint density at radius 1 is 1.28 bits per heavy atom. The van der Waals surface area contributed by atoms with Gasteiger partial charge >= 0.3 is 0 Å². The fourth-order valence-electron chi connectivity index (χ4n) is 2.97. The Morgan fingerprint density at radius 2 is 2.06 bits per heavy atom. The van der Waals surface area contributed by atoms with Gasteiger partial charge in [0.05, 0.1) is 5.52 Å². The monoisotopic (exact) mass is 241 g/mol. The Balaban J connectivity index is 2.15. The predicted molar refractivity (Wildman–Crippen MR) is 74.0 cm³/mol. The average Bonchev–Trinajstić information content (AvgIpc) is 2.70. The van der Waals surface area contributed by atoms with Gasteiger partial charge in [0.1, 0.15) is 0 Å². The molecule has 1 aliphatic rings. The van der Waals surface area contributed by atoms with E-state index < -0.39 is 0 Å². The van der Waals surface area contributed by atoms with E-state index in [4.69, 9.17) is 0 Å². The van der Waals surface area contributed by atoms with Crippen molar-refractivity contribution in [2.45, 2.75) is 39.5 Å². The zero-order valence-electron chi connectivity index (χ0n) is 11.1. The van der Waals surface area contributed by atoms with Crippen LogP contribution in [-0.2, 0) is 12.8 Å². The van der Waals surface area contributed by atoms with Gasteiger partial charge < -0.3 is 0 Å². The highest BCUT2D eigenvalue weighted by Gasteiger charge is 2.19. The number of aryl methyl sites for hydroxylation is 2. The molecule has 0 saturated carbocycles. The standard InChI is InChI=1S/C16H19NO/c1-11(2)9-15(18)17-10-13-7-3-5-12-6-4-8-14(17)16(12)13/h4,6,8,10-11H,3,5,7,9H2,1-2H3. The first-order valence-corrected chi connectivity index (χ1v) is 6.82. The van der Waals surface area contributed by atoms with Crippen LogP contribution in [0.15, 0.2) is 24.4 Å². The van der Waals surface area contributed by atoms with Gasteiger partial charge in [-0.25, -0.2) is 0 Å². The molecule has 0 atom stereocenters. The summed E-state index contributed by atoms with van der Waals surface area (Å²) in [5.74, 6) is 0.631. The molecule has 2 nitrogen and oxygen atoms in total. The van der Waals surface area contributed by atoms with E-state index in [0.29, 0.717) is 12.3 Å². The maximum atomic E-state index is 12.3. The van der Waals surface area contributed by atoms with Crippen molar-refractivity contribution in [2.75, 3.05) is 0 Å². The van der Waals surface area contributed by atoms with Crippen molar-refractivity contribution in [1.82, 2.24) is 4.57 Å². The highest BCUT2D eigenvalue weighted by Crippen LogP contribution is 2.31. The van der Waals surface area contributed by atoms with Gasteiger partial charge in [-0.15, -0.1) is 0 Å². The molecule has 0 unspecified atom stereocenters. The molecular weight excluding hydrogens is 222 g/mol. The molecule has 1 aromatic heterocycles. The van der Waals surface area contributed by atoms with Gasteiger partial charge in [0.25, 0.3) is 0 Å². The first-order valence-electron chi connectivity index (χ1n) is 6.82. The molecule has 0 saturated heterocycles. The molecule has 1 aliphatic carbocycles. The van der Waals surface area contributed by atoms with Crippen molar-refractivity contribution in [1.29, 1.82) is 0 Å². The van der Waals surface area contributed by atoms with Gasteiger partial charge in [-0.1, -0.05) is 26.0 Å². The molecule has 0 aliphatic heterocycles. The Hall–Kier alpha value is -1.57. The summed E-state index contributed by atoms with van der Waals surface area (Å²) in [6, 6.07) is 6.35. The van der Waals surface area contributed by atoms with Gasteiger partial charge in [0, 0.05) is 18.0 Å². The van der Waals surface area contributed by atoms with Crippen LogP contribution in [0.25, 0.3) is 10.9 Å². The van der Waals surface area contributed by atoms with E-state index in [1.54, 1.807) is 0 Å². The number of hydrogen-bond donors (Lipinski definition) is 0. The highest BCUT2D eigenvalue weighted by atomic mass is 16.2. The van der Waals surface area contributed by atoms with Crippen LogP contribution in [0.5, 0.6) is 0 Å². The SMILES string of the molecule is CC(C)CC(=O)n1cc2c3c(cccc31)CCC2. The first-order chi connectivity index (χ1) is 8.66. The Bertz CT molecular complexity index is 607. The van der Waals surface area contributed by atoms with Crippen LogP contribution >= 0.6 is 0 Å². The Morgan fingerprint density at radius 3 is 2.83 bits per heavy atom. The van der Waals surface area contributed by atoms with Crippen molar-refractivity contribution in [3.8, 4) is 0 Å². The molecule has 0 spiro atoms. The quantitative estimate of drug-likeness (QED) is 0.783. The van der Waals surface area contributed by atoms with Crippen LogP contribution in [0, 0.1) is 5.92 Å². The largest absolute Gasteiger partial charge is 0.287 e. The van der Waals surface area contributed by atoms with Crippen LogP contribution in [-0.4, -0.2) is 10.5 Å². The third-order valence-corrected chi connectivity index (χ3v) is 3.74. The summed E-state index contributed by atoms with van der Waals surface area (Å²) in [5.41, 5.74) is 3.86. The molecule has 1 heterocycles. The summed E-state index contributed by atoms with van der Waals surface area (Å²) in [6.45, 7) is 4.18. The lowest BCUT2D eigenvalue weighted by atomic mass is 9.93. The maximum absolute atomic E-state index is 12.3. The van der Waals surface area contributed by atoms with E-state index in [0.717, 1.165) is 18.4 Å². The van der Waals surface area contributed by atoms with Crippen molar-refractivity contribution in [3.05, 3.63) is 35.5 Å². The lowest BCUT2D eigenvalue weighted by Gasteiger charge is -2.11. The Kier molecular flexibility index (Phi) is 2.73. The fraction of sp³-hybridized carbons (Fsp3) is 0.438. The Labute approximate surface area is 108 Å². The second-order valence-corrected chi connectivity index (χ2v) is 5.68. The number of rotatable bonds is 2. The minimum atomic E-state index is 0.222.